The maximum Gasteiger partial charge on any atom is 0.127 e. The highest BCUT2D eigenvalue weighted by atomic mass is 15.3. The Morgan fingerprint density at radius 3 is 2.59 bits per heavy atom. The van der Waals surface area contributed by atoms with E-state index in [1.54, 1.807) is 0 Å². The maximum atomic E-state index is 9.01. The Morgan fingerprint density at radius 1 is 1.27 bits per heavy atom. The van der Waals surface area contributed by atoms with Crippen LogP contribution in [0.5, 0.6) is 0 Å². The molecular formula is C17H27N5. The molecule has 1 aliphatic heterocycles. The fourth-order valence-electron chi connectivity index (χ4n) is 2.90. The number of hydrogen-bond acceptors (Lipinski definition) is 5. The van der Waals surface area contributed by atoms with Crippen molar-refractivity contribution in [2.24, 2.45) is 5.92 Å². The molecule has 1 unspecified atom stereocenters. The standard InChI is InChI=1S/C17H27N5/c1-4-21-5-7-22(8-6-21)13-14(2)12-19-17-10-16(11-18)9-15(3)20-17/h9-10,14H,4-8,12-13H2,1-3H3,(H,19,20). The monoisotopic (exact) mass is 301 g/mol. The van der Waals surface area contributed by atoms with Gasteiger partial charge in [0.2, 0.25) is 0 Å². The van der Waals surface area contributed by atoms with Crippen molar-refractivity contribution in [1.82, 2.24) is 14.8 Å². The number of pyridine rings is 1. The summed E-state index contributed by atoms with van der Waals surface area (Å²) in [6.45, 7) is 14.3. The average molecular weight is 301 g/mol. The fourth-order valence-corrected chi connectivity index (χ4v) is 2.90. The van der Waals surface area contributed by atoms with Crippen molar-refractivity contribution in [2.75, 3.05) is 51.1 Å². The molecule has 1 fully saturated rings. The van der Waals surface area contributed by atoms with Crippen LogP contribution in [0.25, 0.3) is 0 Å². The lowest BCUT2D eigenvalue weighted by molar-refractivity contribution is 0.126. The third-order valence-electron chi connectivity index (χ3n) is 4.20. The number of nitrogens with zero attached hydrogens (tertiary/aromatic N) is 4. The molecule has 0 amide bonds. The zero-order valence-corrected chi connectivity index (χ0v) is 14.0. The number of nitriles is 1. The summed E-state index contributed by atoms with van der Waals surface area (Å²) in [7, 11) is 0. The summed E-state index contributed by atoms with van der Waals surface area (Å²) in [6, 6.07) is 5.80. The van der Waals surface area contributed by atoms with Crippen LogP contribution in [0.15, 0.2) is 12.1 Å². The summed E-state index contributed by atoms with van der Waals surface area (Å²) in [6.07, 6.45) is 0. The van der Waals surface area contributed by atoms with E-state index in [-0.39, 0.29) is 0 Å². The Morgan fingerprint density at radius 2 is 1.95 bits per heavy atom. The van der Waals surface area contributed by atoms with Gasteiger partial charge in [-0.25, -0.2) is 4.98 Å². The average Bonchev–Trinajstić information content (AvgIpc) is 2.53. The van der Waals surface area contributed by atoms with Crippen molar-refractivity contribution < 1.29 is 0 Å². The molecule has 0 radical (unpaired) electrons. The number of aromatic nitrogens is 1. The predicted molar refractivity (Wildman–Crippen MR) is 89.9 cm³/mol. The highest BCUT2D eigenvalue weighted by molar-refractivity contribution is 5.44. The van der Waals surface area contributed by atoms with Gasteiger partial charge in [0.15, 0.2) is 0 Å². The summed E-state index contributed by atoms with van der Waals surface area (Å²) < 4.78 is 0. The van der Waals surface area contributed by atoms with E-state index in [1.807, 2.05) is 19.1 Å². The lowest BCUT2D eigenvalue weighted by atomic mass is 10.1. The first-order valence-electron chi connectivity index (χ1n) is 8.18. The van der Waals surface area contributed by atoms with Crippen molar-refractivity contribution in [2.45, 2.75) is 20.8 Å². The van der Waals surface area contributed by atoms with Gasteiger partial charge in [0.25, 0.3) is 0 Å². The molecule has 1 atom stereocenters. The SMILES string of the molecule is CCN1CCN(CC(C)CNc2cc(C#N)cc(C)n2)CC1. The largest absolute Gasteiger partial charge is 0.370 e. The van der Waals surface area contributed by atoms with Crippen LogP contribution in [-0.4, -0.2) is 60.6 Å². The number of anilines is 1. The van der Waals surface area contributed by atoms with Gasteiger partial charge in [0.05, 0.1) is 11.6 Å². The second kappa shape index (κ2) is 8.11. The third kappa shape index (κ3) is 4.97. The molecule has 120 valence electrons. The van der Waals surface area contributed by atoms with E-state index in [1.165, 1.54) is 26.2 Å². The van der Waals surface area contributed by atoms with E-state index in [9.17, 15) is 0 Å². The van der Waals surface area contributed by atoms with Crippen LogP contribution >= 0.6 is 0 Å². The van der Waals surface area contributed by atoms with Crippen LogP contribution in [0.4, 0.5) is 5.82 Å². The number of rotatable bonds is 6. The van der Waals surface area contributed by atoms with Gasteiger partial charge in [-0.15, -0.1) is 0 Å². The van der Waals surface area contributed by atoms with Gasteiger partial charge in [0.1, 0.15) is 5.82 Å². The molecule has 5 nitrogen and oxygen atoms in total. The normalized spacial score (nSPS) is 17.9. The lowest BCUT2D eigenvalue weighted by Crippen LogP contribution is -2.47. The first-order chi connectivity index (χ1) is 10.6. The van der Waals surface area contributed by atoms with E-state index in [4.69, 9.17) is 5.26 Å². The predicted octanol–water partition coefficient (Wildman–Crippen LogP) is 1.95. The van der Waals surface area contributed by atoms with Crippen LogP contribution in [0, 0.1) is 24.2 Å². The van der Waals surface area contributed by atoms with Gasteiger partial charge >= 0.3 is 0 Å². The van der Waals surface area contributed by atoms with Crippen LogP contribution in [0.3, 0.4) is 0 Å². The van der Waals surface area contributed by atoms with E-state index >= 15 is 0 Å². The number of piperazine rings is 1. The second-order valence-electron chi connectivity index (χ2n) is 6.22. The second-order valence-corrected chi connectivity index (χ2v) is 6.22. The highest BCUT2D eigenvalue weighted by Crippen LogP contribution is 2.11. The van der Waals surface area contributed by atoms with Gasteiger partial charge in [-0.05, 0) is 31.5 Å². The van der Waals surface area contributed by atoms with Crippen molar-refractivity contribution in [3.8, 4) is 6.07 Å². The minimum atomic E-state index is 0.557. The molecule has 1 saturated heterocycles. The van der Waals surface area contributed by atoms with Crippen LogP contribution < -0.4 is 5.32 Å². The Bertz CT molecular complexity index is 514. The van der Waals surface area contributed by atoms with Gasteiger partial charge in [0, 0.05) is 45.0 Å². The Hall–Kier alpha value is -1.64. The maximum absolute atomic E-state index is 9.01. The third-order valence-corrected chi connectivity index (χ3v) is 4.20. The number of aryl methyl sites for hydroxylation is 1. The summed E-state index contributed by atoms with van der Waals surface area (Å²) >= 11 is 0. The summed E-state index contributed by atoms with van der Waals surface area (Å²) in [4.78, 5) is 9.48. The van der Waals surface area contributed by atoms with Gasteiger partial charge in [-0.1, -0.05) is 13.8 Å². The van der Waals surface area contributed by atoms with Gasteiger partial charge in [-0.2, -0.15) is 5.26 Å². The van der Waals surface area contributed by atoms with Gasteiger partial charge < -0.3 is 15.1 Å². The Balaban J connectivity index is 1.77. The molecule has 0 saturated carbocycles. The molecule has 5 heteroatoms. The lowest BCUT2D eigenvalue weighted by Gasteiger charge is -2.35. The number of likely N-dealkylation sites (N-methyl/N-ethyl adjacent to an activating group) is 1. The molecule has 0 spiro atoms. The van der Waals surface area contributed by atoms with Crippen molar-refractivity contribution >= 4 is 5.82 Å². The summed E-state index contributed by atoms with van der Waals surface area (Å²) in [5.74, 6) is 1.36. The number of hydrogen-bond donors (Lipinski definition) is 1. The molecule has 0 aliphatic carbocycles. The van der Waals surface area contributed by atoms with Gasteiger partial charge in [-0.3, -0.25) is 0 Å². The molecule has 2 rings (SSSR count). The molecule has 0 aromatic carbocycles. The number of nitrogens with one attached hydrogen (secondary N) is 1. The minimum absolute atomic E-state index is 0.557. The topological polar surface area (TPSA) is 55.2 Å². The first kappa shape index (κ1) is 16.7. The van der Waals surface area contributed by atoms with Crippen molar-refractivity contribution in [3.63, 3.8) is 0 Å². The van der Waals surface area contributed by atoms with Crippen LogP contribution in [0.2, 0.25) is 0 Å². The summed E-state index contributed by atoms with van der Waals surface area (Å²) in [5, 5.41) is 12.4. The molecule has 2 heterocycles. The quantitative estimate of drug-likeness (QED) is 0.870. The zero-order chi connectivity index (χ0) is 15.9. The smallest absolute Gasteiger partial charge is 0.127 e. The summed E-state index contributed by atoms with van der Waals surface area (Å²) in [5.41, 5.74) is 1.54. The Kier molecular flexibility index (Phi) is 6.17. The highest BCUT2D eigenvalue weighted by Gasteiger charge is 2.17. The van der Waals surface area contributed by atoms with Crippen LogP contribution in [0.1, 0.15) is 25.1 Å². The van der Waals surface area contributed by atoms with Crippen molar-refractivity contribution in [1.29, 1.82) is 5.26 Å². The molecule has 1 aromatic rings. The van der Waals surface area contributed by atoms with E-state index < -0.39 is 0 Å². The van der Waals surface area contributed by atoms with Crippen molar-refractivity contribution in [3.05, 3.63) is 23.4 Å². The molecule has 1 N–H and O–H groups in total. The van der Waals surface area contributed by atoms with E-state index in [0.29, 0.717) is 11.5 Å². The zero-order valence-electron chi connectivity index (χ0n) is 14.0. The molecule has 22 heavy (non-hydrogen) atoms. The molecule has 1 aliphatic rings. The molecule has 0 bridgehead atoms. The van der Waals surface area contributed by atoms with E-state index in [2.05, 4.69) is 40.0 Å². The Labute approximate surface area is 133 Å². The fraction of sp³-hybridized carbons (Fsp3) is 0.647. The van der Waals surface area contributed by atoms with E-state index in [0.717, 1.165) is 31.1 Å². The first-order valence-corrected chi connectivity index (χ1v) is 8.18. The molecular weight excluding hydrogens is 274 g/mol. The molecule has 1 aromatic heterocycles. The van der Waals surface area contributed by atoms with Crippen LogP contribution in [-0.2, 0) is 0 Å². The minimum Gasteiger partial charge on any atom is -0.370 e.